The van der Waals surface area contributed by atoms with Crippen molar-refractivity contribution in [2.45, 2.75) is 24.3 Å². The van der Waals surface area contributed by atoms with Gasteiger partial charge in [0, 0.05) is 36.2 Å². The van der Waals surface area contributed by atoms with Crippen molar-refractivity contribution in [1.82, 2.24) is 14.9 Å². The maximum Gasteiger partial charge on any atom is 0.263 e. The molecule has 0 radical (unpaired) electrons. The number of sulfonamides is 1. The Morgan fingerprint density at radius 3 is 2.94 bits per heavy atom. The highest BCUT2D eigenvalue weighted by Gasteiger charge is 2.24. The van der Waals surface area contributed by atoms with Crippen molar-refractivity contribution >= 4 is 54.9 Å². The van der Waals surface area contributed by atoms with Gasteiger partial charge in [0.25, 0.3) is 10.0 Å². The van der Waals surface area contributed by atoms with Gasteiger partial charge in [-0.1, -0.05) is 29.8 Å². The zero-order valence-corrected chi connectivity index (χ0v) is 19.2. The maximum absolute atomic E-state index is 13.0. The summed E-state index contributed by atoms with van der Waals surface area (Å²) in [6.45, 7) is 0.969. The number of para-hydroxylation sites is 1. The molecule has 32 heavy (non-hydrogen) atoms. The van der Waals surface area contributed by atoms with Crippen LogP contribution in [0.15, 0.2) is 59.1 Å². The third-order valence-corrected chi connectivity index (χ3v) is 8.07. The summed E-state index contributed by atoms with van der Waals surface area (Å²) in [5.41, 5.74) is 3.61. The van der Waals surface area contributed by atoms with Gasteiger partial charge in [0.15, 0.2) is 5.13 Å². The van der Waals surface area contributed by atoms with Crippen molar-refractivity contribution in [3.63, 3.8) is 0 Å². The van der Waals surface area contributed by atoms with Gasteiger partial charge < -0.3 is 9.88 Å². The van der Waals surface area contributed by atoms with E-state index in [0.717, 1.165) is 27.6 Å². The molecule has 0 fully saturated rings. The van der Waals surface area contributed by atoms with Gasteiger partial charge in [-0.15, -0.1) is 11.3 Å². The summed E-state index contributed by atoms with van der Waals surface area (Å²) in [5, 5.41) is 3.58. The first-order chi connectivity index (χ1) is 15.4. The molecule has 0 unspecified atom stereocenters. The summed E-state index contributed by atoms with van der Waals surface area (Å²) in [7, 11) is -3.75. The van der Waals surface area contributed by atoms with Crippen LogP contribution in [-0.2, 0) is 34.2 Å². The molecule has 2 N–H and O–H groups in total. The average molecular weight is 487 g/mol. The van der Waals surface area contributed by atoms with Gasteiger partial charge >= 0.3 is 0 Å². The molecule has 2 aromatic carbocycles. The van der Waals surface area contributed by atoms with Crippen molar-refractivity contribution in [3.05, 3.63) is 75.9 Å². The molecule has 0 saturated carbocycles. The van der Waals surface area contributed by atoms with Crippen molar-refractivity contribution in [2.24, 2.45) is 0 Å². The first-order valence-corrected chi connectivity index (χ1v) is 12.7. The zero-order chi connectivity index (χ0) is 22.3. The van der Waals surface area contributed by atoms with E-state index in [1.54, 1.807) is 28.6 Å². The lowest BCUT2D eigenvalue weighted by atomic mass is 9.99. The number of hydrogen-bond donors (Lipinski definition) is 2. The fourth-order valence-electron chi connectivity index (χ4n) is 3.96. The van der Waals surface area contributed by atoms with Gasteiger partial charge in [0.2, 0.25) is 5.91 Å². The van der Waals surface area contributed by atoms with E-state index in [1.807, 2.05) is 30.5 Å². The number of nitrogens with one attached hydrogen (secondary N) is 2. The fourth-order valence-corrected chi connectivity index (χ4v) is 6.03. The number of amides is 1. The number of carbonyl (C=O) groups excluding carboxylic acids is 1. The molecule has 10 heteroatoms. The van der Waals surface area contributed by atoms with Crippen molar-refractivity contribution in [1.29, 1.82) is 0 Å². The minimum atomic E-state index is -3.75. The predicted octanol–water partition coefficient (Wildman–Crippen LogP) is 4.21. The molecule has 2 aromatic heterocycles. The number of hydrogen-bond acceptors (Lipinski definition) is 5. The second-order valence-electron chi connectivity index (χ2n) is 7.59. The Kier molecular flexibility index (Phi) is 5.40. The van der Waals surface area contributed by atoms with Crippen molar-refractivity contribution in [3.8, 4) is 0 Å². The molecule has 1 aliphatic heterocycles. The highest BCUT2D eigenvalue weighted by molar-refractivity contribution is 7.93. The summed E-state index contributed by atoms with van der Waals surface area (Å²) in [4.78, 5) is 22.1. The number of aromatic amines is 1. The number of nitrogens with zero attached hydrogens (tertiary/aromatic N) is 2. The molecule has 0 aliphatic carbocycles. The standard InChI is InChI=1S/C22H19ClN4O3S2/c23-19-3-1-2-18-15(12-25-21(18)19)11-20(28)27-8-6-14-4-5-17(10-16(14)13-27)32(29,30)26-22-24-7-9-31-22/h1-5,7,9-10,12,25H,6,8,11,13H2,(H,24,26). The van der Waals surface area contributed by atoms with Crippen LogP contribution in [-0.4, -0.2) is 35.7 Å². The second kappa shape index (κ2) is 8.23. The van der Waals surface area contributed by atoms with Crippen LogP contribution in [0.2, 0.25) is 5.02 Å². The second-order valence-corrected chi connectivity index (χ2v) is 10.6. The minimum absolute atomic E-state index is 0.00861. The maximum atomic E-state index is 13.0. The predicted molar refractivity (Wildman–Crippen MR) is 125 cm³/mol. The molecule has 0 spiro atoms. The van der Waals surface area contributed by atoms with Crippen LogP contribution < -0.4 is 4.72 Å². The molecule has 1 amide bonds. The van der Waals surface area contributed by atoms with E-state index in [0.29, 0.717) is 29.7 Å². The van der Waals surface area contributed by atoms with Gasteiger partial charge in [0.1, 0.15) is 0 Å². The summed E-state index contributed by atoms with van der Waals surface area (Å²) >= 11 is 7.44. The molecule has 164 valence electrons. The van der Waals surface area contributed by atoms with E-state index in [2.05, 4.69) is 14.7 Å². The lowest BCUT2D eigenvalue weighted by Crippen LogP contribution is -2.37. The van der Waals surface area contributed by atoms with E-state index >= 15 is 0 Å². The third-order valence-electron chi connectivity index (χ3n) is 5.60. The van der Waals surface area contributed by atoms with Gasteiger partial charge in [-0.25, -0.2) is 13.4 Å². The minimum Gasteiger partial charge on any atom is -0.360 e. The summed E-state index contributed by atoms with van der Waals surface area (Å²) in [6, 6.07) is 10.7. The monoisotopic (exact) mass is 486 g/mol. The van der Waals surface area contributed by atoms with Crippen LogP contribution >= 0.6 is 22.9 Å². The Morgan fingerprint density at radius 1 is 1.25 bits per heavy atom. The molecule has 0 saturated heterocycles. The molecule has 0 atom stereocenters. The molecule has 0 bridgehead atoms. The molecule has 7 nitrogen and oxygen atoms in total. The van der Waals surface area contributed by atoms with Crippen LogP contribution in [0.4, 0.5) is 5.13 Å². The Balaban J connectivity index is 1.35. The normalized spacial score (nSPS) is 13.8. The van der Waals surface area contributed by atoms with Crippen molar-refractivity contribution in [2.75, 3.05) is 11.3 Å². The van der Waals surface area contributed by atoms with Gasteiger partial charge in [-0.05, 0) is 41.3 Å². The third kappa shape index (κ3) is 3.99. The van der Waals surface area contributed by atoms with Crippen LogP contribution in [0.25, 0.3) is 10.9 Å². The summed E-state index contributed by atoms with van der Waals surface area (Å²) in [6.07, 6.45) is 4.29. The zero-order valence-electron chi connectivity index (χ0n) is 16.8. The average Bonchev–Trinajstić information content (AvgIpc) is 3.43. The highest BCUT2D eigenvalue weighted by atomic mass is 35.5. The fraction of sp³-hybridized carbons (Fsp3) is 0.182. The number of fused-ring (bicyclic) bond motifs is 2. The Morgan fingerprint density at radius 2 is 2.12 bits per heavy atom. The van der Waals surface area contributed by atoms with Crippen LogP contribution in [0.3, 0.4) is 0 Å². The highest BCUT2D eigenvalue weighted by Crippen LogP contribution is 2.28. The Hall–Kier alpha value is -2.88. The summed E-state index contributed by atoms with van der Waals surface area (Å²) in [5.74, 6) is -0.00861. The lowest BCUT2D eigenvalue weighted by molar-refractivity contribution is -0.131. The largest absolute Gasteiger partial charge is 0.360 e. The molecule has 3 heterocycles. The first-order valence-electron chi connectivity index (χ1n) is 9.97. The van der Waals surface area contributed by atoms with Crippen LogP contribution in [0.5, 0.6) is 0 Å². The number of thiazole rings is 1. The molecule has 4 aromatic rings. The van der Waals surface area contributed by atoms with Crippen LogP contribution in [0.1, 0.15) is 16.7 Å². The smallest absolute Gasteiger partial charge is 0.263 e. The molecule has 1 aliphatic rings. The van der Waals surface area contributed by atoms with E-state index in [1.165, 1.54) is 11.3 Å². The quantitative estimate of drug-likeness (QED) is 0.442. The van der Waals surface area contributed by atoms with E-state index in [4.69, 9.17) is 11.6 Å². The topological polar surface area (TPSA) is 95.2 Å². The van der Waals surface area contributed by atoms with Gasteiger partial charge in [-0.3, -0.25) is 9.52 Å². The number of anilines is 1. The number of rotatable bonds is 5. The molecular weight excluding hydrogens is 468 g/mol. The first kappa shape index (κ1) is 21.0. The Labute approximate surface area is 194 Å². The van der Waals surface area contributed by atoms with Gasteiger partial charge in [0.05, 0.1) is 21.9 Å². The Bertz CT molecular complexity index is 1410. The number of carbonyl (C=O) groups is 1. The number of benzene rings is 2. The number of aromatic nitrogens is 2. The van der Waals surface area contributed by atoms with Crippen LogP contribution in [0, 0.1) is 0 Å². The molecule has 5 rings (SSSR count). The number of H-pyrrole nitrogens is 1. The van der Waals surface area contributed by atoms with E-state index < -0.39 is 10.0 Å². The number of halogens is 1. The van der Waals surface area contributed by atoms with E-state index in [-0.39, 0.29) is 17.2 Å². The van der Waals surface area contributed by atoms with Crippen molar-refractivity contribution < 1.29 is 13.2 Å². The van der Waals surface area contributed by atoms with E-state index in [9.17, 15) is 13.2 Å². The summed E-state index contributed by atoms with van der Waals surface area (Å²) < 4.78 is 27.9. The SMILES string of the molecule is O=C(Cc1c[nH]c2c(Cl)cccc12)N1CCc2ccc(S(=O)(=O)Nc3nccs3)cc2C1. The lowest BCUT2D eigenvalue weighted by Gasteiger charge is -2.29. The van der Waals surface area contributed by atoms with Gasteiger partial charge in [-0.2, -0.15) is 0 Å². The molecular formula is C22H19ClN4O3S2.